The first-order chi connectivity index (χ1) is 24.2. The molecule has 0 saturated heterocycles. The van der Waals surface area contributed by atoms with Crippen LogP contribution in [0.1, 0.15) is 17.9 Å². The molecule has 4 heteroatoms. The van der Waals surface area contributed by atoms with Crippen LogP contribution in [0.2, 0.25) is 0 Å². The van der Waals surface area contributed by atoms with E-state index in [1.807, 2.05) is 72.0 Å². The summed E-state index contributed by atoms with van der Waals surface area (Å²) in [7, 11) is 0. The van der Waals surface area contributed by atoms with E-state index in [0.717, 1.165) is 23.1 Å². The largest absolute Gasteiger partial charge is 0.208 e. The van der Waals surface area contributed by atoms with Gasteiger partial charge in [-0.15, -0.1) is 11.3 Å². The lowest BCUT2D eigenvalue weighted by molar-refractivity contribution is 0.854. The molecule has 0 amide bonds. The molecule has 1 atom stereocenters. The number of aromatic nitrogens is 3. The van der Waals surface area contributed by atoms with E-state index in [0.29, 0.717) is 23.4 Å². The average molecular weight is 646 g/mol. The molecule has 0 aliphatic heterocycles. The summed E-state index contributed by atoms with van der Waals surface area (Å²) in [5, 5.41) is 2.51. The SMILES string of the molecule is C1=CCC(c2cccc(-c3cccc(-c4ccc5c(c4)sc4cc(-c6nc(-c7ccccc7)nc(-c7ccccc7)n6)ccc45)c3)c2)C=C1. The van der Waals surface area contributed by atoms with E-state index >= 15 is 0 Å². The lowest BCUT2D eigenvalue weighted by atomic mass is 9.90. The number of thiophene rings is 1. The summed E-state index contributed by atoms with van der Waals surface area (Å²) < 4.78 is 2.48. The maximum absolute atomic E-state index is 4.96. The number of rotatable bonds is 6. The Morgan fingerprint density at radius 2 is 0.939 bits per heavy atom. The third kappa shape index (κ3) is 5.77. The smallest absolute Gasteiger partial charge is 0.164 e. The molecular weight excluding hydrogens is 615 g/mol. The van der Waals surface area contributed by atoms with Crippen molar-refractivity contribution < 1.29 is 0 Å². The Morgan fingerprint density at radius 3 is 1.55 bits per heavy atom. The molecule has 9 rings (SSSR count). The summed E-state index contributed by atoms with van der Waals surface area (Å²) >= 11 is 1.82. The Balaban J connectivity index is 1.07. The lowest BCUT2D eigenvalue weighted by Crippen LogP contribution is -1.99. The number of hydrogen-bond acceptors (Lipinski definition) is 4. The minimum Gasteiger partial charge on any atom is -0.208 e. The Bertz CT molecular complexity index is 2470. The van der Waals surface area contributed by atoms with Gasteiger partial charge >= 0.3 is 0 Å². The third-order valence-electron chi connectivity index (χ3n) is 9.26. The van der Waals surface area contributed by atoms with E-state index < -0.39 is 0 Å². The van der Waals surface area contributed by atoms with Crippen LogP contribution in [-0.2, 0) is 0 Å². The molecule has 0 spiro atoms. The predicted molar refractivity (Wildman–Crippen MR) is 206 cm³/mol. The molecular formula is C45H31N3S. The van der Waals surface area contributed by atoms with Gasteiger partial charge in [-0.1, -0.05) is 152 Å². The Labute approximate surface area is 289 Å². The first-order valence-corrected chi connectivity index (χ1v) is 17.4. The van der Waals surface area contributed by atoms with Crippen LogP contribution in [-0.4, -0.2) is 15.0 Å². The molecule has 1 aliphatic carbocycles. The second-order valence-corrected chi connectivity index (χ2v) is 13.5. The predicted octanol–water partition coefficient (Wildman–Crippen LogP) is 12.2. The molecule has 232 valence electrons. The molecule has 49 heavy (non-hydrogen) atoms. The Hall–Kier alpha value is -5.97. The molecule has 0 bridgehead atoms. The van der Waals surface area contributed by atoms with Gasteiger partial charge in [-0.25, -0.2) is 15.0 Å². The van der Waals surface area contributed by atoms with Gasteiger partial charge in [-0.3, -0.25) is 0 Å². The van der Waals surface area contributed by atoms with Gasteiger partial charge in [-0.05, 0) is 52.4 Å². The second-order valence-electron chi connectivity index (χ2n) is 12.4. The van der Waals surface area contributed by atoms with Gasteiger partial charge in [-0.2, -0.15) is 0 Å². The zero-order chi connectivity index (χ0) is 32.6. The monoisotopic (exact) mass is 645 g/mol. The van der Waals surface area contributed by atoms with Crippen molar-refractivity contribution in [2.75, 3.05) is 0 Å². The summed E-state index contributed by atoms with van der Waals surface area (Å²) in [6, 6.07) is 51.6. The van der Waals surface area contributed by atoms with Crippen molar-refractivity contribution >= 4 is 31.5 Å². The van der Waals surface area contributed by atoms with Gasteiger partial charge in [0, 0.05) is 42.8 Å². The van der Waals surface area contributed by atoms with Crippen LogP contribution in [0.5, 0.6) is 0 Å². The average Bonchev–Trinajstić information content (AvgIpc) is 3.56. The molecule has 0 fully saturated rings. The van der Waals surface area contributed by atoms with Crippen LogP contribution in [0, 0.1) is 0 Å². The van der Waals surface area contributed by atoms with Crippen molar-refractivity contribution in [3.63, 3.8) is 0 Å². The van der Waals surface area contributed by atoms with Crippen molar-refractivity contribution in [3.8, 4) is 56.4 Å². The molecule has 1 unspecified atom stereocenters. The maximum Gasteiger partial charge on any atom is 0.164 e. The number of nitrogens with zero attached hydrogens (tertiary/aromatic N) is 3. The fraction of sp³-hybridized carbons (Fsp3) is 0.0444. The van der Waals surface area contributed by atoms with Crippen molar-refractivity contribution in [3.05, 3.63) is 175 Å². The summed E-state index contributed by atoms with van der Waals surface area (Å²) in [6.07, 6.45) is 9.89. The summed E-state index contributed by atoms with van der Waals surface area (Å²) in [4.78, 5) is 14.8. The molecule has 0 radical (unpaired) electrons. The van der Waals surface area contributed by atoms with Gasteiger partial charge in [0.15, 0.2) is 17.5 Å². The standard InChI is InChI=1S/C45H31N3S/c1-4-12-30(13-5-1)33-18-10-19-34(26-33)35-20-11-21-36(27-35)37-22-24-39-40-25-23-38(29-42(40)49-41(39)28-37)45-47-43(31-14-6-2-7-15-31)46-44(48-45)32-16-8-3-9-17-32/h1-12,14-30H,13H2. The minimum atomic E-state index is 0.436. The molecule has 8 aromatic rings. The van der Waals surface area contributed by atoms with Crippen LogP contribution in [0.4, 0.5) is 0 Å². The topological polar surface area (TPSA) is 38.7 Å². The Morgan fingerprint density at radius 1 is 0.429 bits per heavy atom. The summed E-state index contributed by atoms with van der Waals surface area (Å²) in [5.41, 5.74) is 9.19. The summed E-state index contributed by atoms with van der Waals surface area (Å²) in [5.74, 6) is 2.44. The lowest BCUT2D eigenvalue weighted by Gasteiger charge is -2.15. The zero-order valence-electron chi connectivity index (χ0n) is 26.7. The van der Waals surface area contributed by atoms with Gasteiger partial charge in [0.05, 0.1) is 0 Å². The molecule has 3 nitrogen and oxygen atoms in total. The molecule has 2 heterocycles. The molecule has 0 N–H and O–H groups in total. The van der Waals surface area contributed by atoms with Gasteiger partial charge in [0.25, 0.3) is 0 Å². The normalized spacial score (nSPS) is 14.1. The minimum absolute atomic E-state index is 0.436. The van der Waals surface area contributed by atoms with Crippen LogP contribution < -0.4 is 0 Å². The van der Waals surface area contributed by atoms with E-state index in [-0.39, 0.29) is 0 Å². The van der Waals surface area contributed by atoms with Crippen molar-refractivity contribution in [2.24, 2.45) is 0 Å². The van der Waals surface area contributed by atoms with E-state index in [1.165, 1.54) is 48.0 Å². The fourth-order valence-corrected chi connectivity index (χ4v) is 7.87. The number of allylic oxidation sites excluding steroid dienone is 4. The van der Waals surface area contributed by atoms with Crippen molar-refractivity contribution in [1.29, 1.82) is 0 Å². The van der Waals surface area contributed by atoms with E-state index in [9.17, 15) is 0 Å². The zero-order valence-corrected chi connectivity index (χ0v) is 27.5. The molecule has 0 saturated carbocycles. The highest BCUT2D eigenvalue weighted by Crippen LogP contribution is 2.39. The van der Waals surface area contributed by atoms with Crippen molar-refractivity contribution in [1.82, 2.24) is 15.0 Å². The van der Waals surface area contributed by atoms with E-state index in [1.54, 1.807) is 0 Å². The highest BCUT2D eigenvalue weighted by Gasteiger charge is 2.15. The van der Waals surface area contributed by atoms with Crippen LogP contribution in [0.25, 0.3) is 76.6 Å². The second kappa shape index (κ2) is 12.6. The number of hydrogen-bond donors (Lipinski definition) is 0. The van der Waals surface area contributed by atoms with Gasteiger partial charge < -0.3 is 0 Å². The van der Waals surface area contributed by atoms with E-state index in [4.69, 9.17) is 15.0 Å². The number of fused-ring (bicyclic) bond motifs is 3. The van der Waals surface area contributed by atoms with Crippen LogP contribution in [0.3, 0.4) is 0 Å². The first-order valence-electron chi connectivity index (χ1n) is 16.6. The first kappa shape index (κ1) is 29.2. The van der Waals surface area contributed by atoms with E-state index in [2.05, 4.69) is 109 Å². The maximum atomic E-state index is 4.96. The molecule has 1 aliphatic rings. The number of benzene rings is 6. The highest BCUT2D eigenvalue weighted by atomic mass is 32.1. The highest BCUT2D eigenvalue weighted by molar-refractivity contribution is 7.25. The third-order valence-corrected chi connectivity index (χ3v) is 10.4. The van der Waals surface area contributed by atoms with Crippen LogP contribution in [0.15, 0.2) is 170 Å². The molecule has 2 aromatic heterocycles. The van der Waals surface area contributed by atoms with Crippen molar-refractivity contribution in [2.45, 2.75) is 12.3 Å². The van der Waals surface area contributed by atoms with Gasteiger partial charge in [0.1, 0.15) is 0 Å². The molecule has 6 aromatic carbocycles. The van der Waals surface area contributed by atoms with Gasteiger partial charge in [0.2, 0.25) is 0 Å². The quantitative estimate of drug-likeness (QED) is 0.181. The fourth-order valence-electron chi connectivity index (χ4n) is 6.69. The Kier molecular flexibility index (Phi) is 7.49. The summed E-state index contributed by atoms with van der Waals surface area (Å²) in [6.45, 7) is 0. The van der Waals surface area contributed by atoms with Crippen LogP contribution >= 0.6 is 11.3 Å².